The minimum atomic E-state index is -0.624. The van der Waals surface area contributed by atoms with Crippen LogP contribution in [-0.4, -0.2) is 27.9 Å². The van der Waals surface area contributed by atoms with Crippen molar-refractivity contribution in [1.82, 2.24) is 14.7 Å². The Kier molecular flexibility index (Phi) is 5.68. The first-order valence-electron chi connectivity index (χ1n) is 8.22. The van der Waals surface area contributed by atoms with Crippen LogP contribution in [-0.2, 0) is 9.53 Å². The SMILES string of the molecule is CC[C@@H](NC(=O)COC(=O)c1cn2ccccc2n1)c1ccc(Br)cc1. The molecule has 0 aliphatic rings. The fraction of sp³-hybridized carbons (Fsp3) is 0.211. The van der Waals surface area contributed by atoms with Crippen molar-refractivity contribution in [3.05, 3.63) is 70.6 Å². The summed E-state index contributed by atoms with van der Waals surface area (Å²) in [6, 6.07) is 13.1. The molecule has 0 aliphatic carbocycles. The Bertz CT molecular complexity index is 888. The number of nitrogens with one attached hydrogen (secondary N) is 1. The van der Waals surface area contributed by atoms with Gasteiger partial charge in [-0.25, -0.2) is 9.78 Å². The number of nitrogens with zero attached hydrogens (tertiary/aromatic N) is 2. The number of pyridine rings is 1. The first-order chi connectivity index (χ1) is 12.6. The lowest BCUT2D eigenvalue weighted by Gasteiger charge is -2.17. The van der Waals surface area contributed by atoms with E-state index in [-0.39, 0.29) is 24.2 Å². The van der Waals surface area contributed by atoms with E-state index in [0.717, 1.165) is 16.5 Å². The van der Waals surface area contributed by atoms with Gasteiger partial charge >= 0.3 is 5.97 Å². The van der Waals surface area contributed by atoms with Crippen molar-refractivity contribution in [2.45, 2.75) is 19.4 Å². The van der Waals surface area contributed by atoms with Crippen LogP contribution in [0.2, 0.25) is 0 Å². The number of aromatic nitrogens is 2. The van der Waals surface area contributed by atoms with E-state index in [9.17, 15) is 9.59 Å². The highest BCUT2D eigenvalue weighted by molar-refractivity contribution is 9.10. The van der Waals surface area contributed by atoms with E-state index < -0.39 is 5.97 Å². The third-order valence-electron chi connectivity index (χ3n) is 3.92. The Morgan fingerprint density at radius 2 is 2.00 bits per heavy atom. The summed E-state index contributed by atoms with van der Waals surface area (Å²) < 4.78 is 7.78. The molecule has 1 N–H and O–H groups in total. The van der Waals surface area contributed by atoms with Gasteiger partial charge in [-0.1, -0.05) is 41.1 Å². The van der Waals surface area contributed by atoms with Gasteiger partial charge in [-0.2, -0.15) is 0 Å². The molecule has 3 aromatic rings. The van der Waals surface area contributed by atoms with E-state index in [2.05, 4.69) is 26.2 Å². The molecular formula is C19H18BrN3O3. The smallest absolute Gasteiger partial charge is 0.359 e. The number of amides is 1. The Labute approximate surface area is 159 Å². The number of rotatable bonds is 6. The average Bonchev–Trinajstić information content (AvgIpc) is 3.09. The molecule has 1 amide bonds. The Morgan fingerprint density at radius 3 is 2.69 bits per heavy atom. The zero-order chi connectivity index (χ0) is 18.5. The molecule has 0 fully saturated rings. The van der Waals surface area contributed by atoms with E-state index >= 15 is 0 Å². The molecule has 0 spiro atoms. The molecule has 0 radical (unpaired) electrons. The fourth-order valence-electron chi connectivity index (χ4n) is 2.59. The lowest BCUT2D eigenvalue weighted by molar-refractivity contribution is -0.125. The maximum absolute atomic E-state index is 12.1. The fourth-order valence-corrected chi connectivity index (χ4v) is 2.85. The largest absolute Gasteiger partial charge is 0.451 e. The Morgan fingerprint density at radius 1 is 1.23 bits per heavy atom. The van der Waals surface area contributed by atoms with Gasteiger partial charge in [0.1, 0.15) is 5.65 Å². The van der Waals surface area contributed by atoms with Crippen molar-refractivity contribution in [2.24, 2.45) is 0 Å². The third kappa shape index (κ3) is 4.29. The predicted molar refractivity (Wildman–Crippen MR) is 101 cm³/mol. The number of imidazole rings is 1. The van der Waals surface area contributed by atoms with Crippen molar-refractivity contribution in [3.8, 4) is 0 Å². The normalized spacial score (nSPS) is 11.9. The Hall–Kier alpha value is -2.67. The highest BCUT2D eigenvalue weighted by Gasteiger charge is 2.16. The quantitative estimate of drug-likeness (QED) is 0.625. The van der Waals surface area contributed by atoms with Gasteiger partial charge in [0.2, 0.25) is 0 Å². The first-order valence-corrected chi connectivity index (χ1v) is 9.02. The summed E-state index contributed by atoms with van der Waals surface area (Å²) in [6.45, 7) is 1.63. The molecule has 0 saturated carbocycles. The number of benzene rings is 1. The predicted octanol–water partition coefficient (Wildman–Crippen LogP) is 3.52. The summed E-state index contributed by atoms with van der Waals surface area (Å²) in [5.41, 5.74) is 1.81. The minimum Gasteiger partial charge on any atom is -0.451 e. The highest BCUT2D eigenvalue weighted by Crippen LogP contribution is 2.19. The van der Waals surface area contributed by atoms with E-state index in [1.165, 1.54) is 0 Å². The molecule has 1 aromatic carbocycles. The zero-order valence-electron chi connectivity index (χ0n) is 14.2. The number of ether oxygens (including phenoxy) is 1. The van der Waals surface area contributed by atoms with Gasteiger partial charge in [-0.05, 0) is 36.2 Å². The van der Waals surface area contributed by atoms with E-state index in [1.54, 1.807) is 22.9 Å². The van der Waals surface area contributed by atoms with Crippen LogP contribution in [0.15, 0.2) is 59.3 Å². The van der Waals surface area contributed by atoms with E-state index in [4.69, 9.17) is 4.74 Å². The van der Waals surface area contributed by atoms with Crippen molar-refractivity contribution in [2.75, 3.05) is 6.61 Å². The van der Waals surface area contributed by atoms with Gasteiger partial charge in [0.05, 0.1) is 6.04 Å². The second-order valence-electron chi connectivity index (χ2n) is 5.75. The van der Waals surface area contributed by atoms with Crippen LogP contribution in [0.3, 0.4) is 0 Å². The average molecular weight is 416 g/mol. The van der Waals surface area contributed by atoms with Crippen molar-refractivity contribution in [1.29, 1.82) is 0 Å². The van der Waals surface area contributed by atoms with Crippen LogP contribution in [0, 0.1) is 0 Å². The molecule has 134 valence electrons. The number of hydrogen-bond acceptors (Lipinski definition) is 4. The summed E-state index contributed by atoms with van der Waals surface area (Å²) in [5.74, 6) is -0.975. The highest BCUT2D eigenvalue weighted by atomic mass is 79.9. The first kappa shape index (κ1) is 18.1. The number of carbonyl (C=O) groups excluding carboxylic acids is 2. The topological polar surface area (TPSA) is 72.7 Å². The lowest BCUT2D eigenvalue weighted by atomic mass is 10.0. The van der Waals surface area contributed by atoms with Crippen LogP contribution in [0.5, 0.6) is 0 Å². The minimum absolute atomic E-state index is 0.135. The van der Waals surface area contributed by atoms with Gasteiger partial charge in [-0.15, -0.1) is 0 Å². The molecule has 3 rings (SSSR count). The molecule has 6 nitrogen and oxygen atoms in total. The molecule has 0 bridgehead atoms. The summed E-state index contributed by atoms with van der Waals surface area (Å²) >= 11 is 3.39. The monoisotopic (exact) mass is 415 g/mol. The van der Waals surface area contributed by atoms with Crippen molar-refractivity contribution < 1.29 is 14.3 Å². The summed E-state index contributed by atoms with van der Waals surface area (Å²) in [6.07, 6.45) is 4.09. The van der Waals surface area contributed by atoms with Crippen LogP contribution < -0.4 is 5.32 Å². The molecule has 0 aliphatic heterocycles. The van der Waals surface area contributed by atoms with E-state index in [1.807, 2.05) is 43.3 Å². The van der Waals surface area contributed by atoms with Gasteiger partial charge in [0.15, 0.2) is 12.3 Å². The molecule has 7 heteroatoms. The molecule has 2 aromatic heterocycles. The van der Waals surface area contributed by atoms with E-state index in [0.29, 0.717) is 5.65 Å². The molecule has 0 saturated heterocycles. The molecular weight excluding hydrogens is 398 g/mol. The van der Waals surface area contributed by atoms with Crippen LogP contribution in [0.4, 0.5) is 0 Å². The zero-order valence-corrected chi connectivity index (χ0v) is 15.8. The van der Waals surface area contributed by atoms with Crippen LogP contribution >= 0.6 is 15.9 Å². The second-order valence-corrected chi connectivity index (χ2v) is 6.66. The number of halogens is 1. The van der Waals surface area contributed by atoms with Gasteiger partial charge in [0.25, 0.3) is 5.91 Å². The lowest BCUT2D eigenvalue weighted by Crippen LogP contribution is -2.32. The number of fused-ring (bicyclic) bond motifs is 1. The summed E-state index contributed by atoms with van der Waals surface area (Å²) in [7, 11) is 0. The molecule has 0 unspecified atom stereocenters. The molecule has 2 heterocycles. The van der Waals surface area contributed by atoms with Gasteiger partial charge in [-0.3, -0.25) is 4.79 Å². The van der Waals surface area contributed by atoms with Gasteiger partial charge in [0, 0.05) is 16.9 Å². The molecule has 26 heavy (non-hydrogen) atoms. The van der Waals surface area contributed by atoms with Crippen LogP contribution in [0.1, 0.15) is 35.4 Å². The standard InChI is InChI=1S/C19H18BrN3O3/c1-2-15(13-6-8-14(20)9-7-13)22-18(24)12-26-19(25)16-11-23-10-4-3-5-17(23)21-16/h3-11,15H,2,12H2,1H3,(H,22,24)/t15-/m1/s1. The maximum atomic E-state index is 12.1. The maximum Gasteiger partial charge on any atom is 0.359 e. The Balaban J connectivity index is 1.57. The third-order valence-corrected chi connectivity index (χ3v) is 4.45. The number of carbonyl (C=O) groups is 2. The van der Waals surface area contributed by atoms with Crippen molar-refractivity contribution in [3.63, 3.8) is 0 Å². The van der Waals surface area contributed by atoms with Crippen LogP contribution in [0.25, 0.3) is 5.65 Å². The summed E-state index contributed by atoms with van der Waals surface area (Å²) in [4.78, 5) is 28.4. The second kappa shape index (κ2) is 8.14. The number of hydrogen-bond donors (Lipinski definition) is 1. The summed E-state index contributed by atoms with van der Waals surface area (Å²) in [5, 5.41) is 2.88. The van der Waals surface area contributed by atoms with Crippen molar-refractivity contribution >= 4 is 33.5 Å². The molecule has 1 atom stereocenters. The van der Waals surface area contributed by atoms with Gasteiger partial charge < -0.3 is 14.5 Å². The number of esters is 1.